The predicted molar refractivity (Wildman–Crippen MR) is 63.5 cm³/mol. The molecule has 0 aliphatic heterocycles. The molecule has 1 fully saturated rings. The Bertz CT molecular complexity index is 331. The number of thiazole rings is 1. The van der Waals surface area contributed by atoms with E-state index in [0.717, 1.165) is 36.5 Å². The molecule has 0 bridgehead atoms. The van der Waals surface area contributed by atoms with Gasteiger partial charge >= 0.3 is 0 Å². The summed E-state index contributed by atoms with van der Waals surface area (Å²) in [5.74, 6) is 0. The maximum Gasteiger partial charge on any atom is 0.185 e. The zero-order valence-corrected chi connectivity index (χ0v) is 10.2. The van der Waals surface area contributed by atoms with Gasteiger partial charge in [0.2, 0.25) is 0 Å². The normalized spacial score (nSPS) is 19.4. The number of aryl methyl sites for hydroxylation is 1. The molecule has 0 unspecified atom stereocenters. The van der Waals surface area contributed by atoms with Gasteiger partial charge in [0.05, 0.1) is 11.3 Å². The fourth-order valence-corrected chi connectivity index (χ4v) is 2.99. The average molecular weight is 226 g/mol. The molecule has 0 amide bonds. The standard InChI is InChI=1S/C11H18N2OS/c1-9-7-15-10(12-9)13(2)8-11(14)5-3-4-6-11/h7,14H,3-6,8H2,1-2H3. The van der Waals surface area contributed by atoms with E-state index in [1.807, 2.05) is 19.4 Å². The van der Waals surface area contributed by atoms with E-state index in [-0.39, 0.29) is 0 Å². The summed E-state index contributed by atoms with van der Waals surface area (Å²) in [6.45, 7) is 2.71. The summed E-state index contributed by atoms with van der Waals surface area (Å²) in [5, 5.41) is 13.3. The van der Waals surface area contributed by atoms with Crippen LogP contribution >= 0.6 is 11.3 Å². The second kappa shape index (κ2) is 4.10. The van der Waals surface area contributed by atoms with Gasteiger partial charge in [0.15, 0.2) is 5.13 Å². The Morgan fingerprint density at radius 2 is 2.20 bits per heavy atom. The van der Waals surface area contributed by atoms with Crippen LogP contribution < -0.4 is 4.90 Å². The van der Waals surface area contributed by atoms with E-state index in [1.165, 1.54) is 0 Å². The van der Waals surface area contributed by atoms with Gasteiger partial charge in [-0.05, 0) is 19.8 Å². The van der Waals surface area contributed by atoms with Gasteiger partial charge in [-0.25, -0.2) is 4.98 Å². The quantitative estimate of drug-likeness (QED) is 0.858. The Balaban J connectivity index is 2.00. The molecule has 1 aromatic heterocycles. The highest BCUT2D eigenvalue weighted by atomic mass is 32.1. The maximum absolute atomic E-state index is 10.3. The third-order valence-corrected chi connectivity index (χ3v) is 4.07. The minimum atomic E-state index is -0.478. The van der Waals surface area contributed by atoms with Crippen molar-refractivity contribution in [3.8, 4) is 0 Å². The summed E-state index contributed by atoms with van der Waals surface area (Å²) >= 11 is 1.64. The molecule has 0 aromatic carbocycles. The second-order valence-electron chi connectivity index (χ2n) is 4.56. The monoisotopic (exact) mass is 226 g/mol. The van der Waals surface area contributed by atoms with Gasteiger partial charge in [-0.2, -0.15) is 0 Å². The number of rotatable bonds is 3. The third-order valence-electron chi connectivity index (χ3n) is 3.00. The van der Waals surface area contributed by atoms with Crippen LogP contribution in [0.3, 0.4) is 0 Å². The molecule has 1 aliphatic rings. The number of likely N-dealkylation sites (N-methyl/N-ethyl adjacent to an activating group) is 1. The zero-order valence-electron chi connectivity index (χ0n) is 9.36. The van der Waals surface area contributed by atoms with Crippen LogP contribution in [0.1, 0.15) is 31.4 Å². The van der Waals surface area contributed by atoms with Crippen molar-refractivity contribution in [3.63, 3.8) is 0 Å². The van der Waals surface area contributed by atoms with Gasteiger partial charge in [0.1, 0.15) is 0 Å². The SMILES string of the molecule is Cc1csc(N(C)CC2(O)CCCC2)n1. The highest BCUT2D eigenvalue weighted by Gasteiger charge is 2.32. The van der Waals surface area contributed by atoms with Crippen molar-refractivity contribution in [3.05, 3.63) is 11.1 Å². The minimum Gasteiger partial charge on any atom is -0.388 e. The number of aliphatic hydroxyl groups is 1. The van der Waals surface area contributed by atoms with Gasteiger partial charge in [-0.1, -0.05) is 12.8 Å². The molecule has 1 aromatic rings. The highest BCUT2D eigenvalue weighted by molar-refractivity contribution is 7.13. The van der Waals surface area contributed by atoms with E-state index < -0.39 is 5.60 Å². The summed E-state index contributed by atoms with van der Waals surface area (Å²) in [6.07, 6.45) is 4.17. The van der Waals surface area contributed by atoms with Crippen molar-refractivity contribution in [1.82, 2.24) is 4.98 Å². The molecular formula is C11H18N2OS. The molecule has 0 atom stereocenters. The molecule has 1 aliphatic carbocycles. The maximum atomic E-state index is 10.3. The van der Waals surface area contributed by atoms with Crippen molar-refractivity contribution >= 4 is 16.5 Å². The Hall–Kier alpha value is -0.610. The van der Waals surface area contributed by atoms with E-state index in [4.69, 9.17) is 0 Å². The van der Waals surface area contributed by atoms with Crippen LogP contribution in [0.15, 0.2) is 5.38 Å². The summed E-state index contributed by atoms with van der Waals surface area (Å²) in [6, 6.07) is 0. The number of nitrogens with zero attached hydrogens (tertiary/aromatic N) is 2. The molecule has 0 saturated heterocycles. The average Bonchev–Trinajstić information content (AvgIpc) is 2.75. The molecular weight excluding hydrogens is 208 g/mol. The molecule has 3 nitrogen and oxygen atoms in total. The first kappa shape index (κ1) is 10.9. The van der Waals surface area contributed by atoms with Crippen molar-refractivity contribution in [1.29, 1.82) is 0 Å². The van der Waals surface area contributed by atoms with Gasteiger partial charge in [0, 0.05) is 19.0 Å². The molecule has 1 N–H and O–H groups in total. The number of hydrogen-bond donors (Lipinski definition) is 1. The van der Waals surface area contributed by atoms with Crippen molar-refractivity contribution in [2.45, 2.75) is 38.2 Å². The van der Waals surface area contributed by atoms with Crippen LogP contribution in [-0.4, -0.2) is 29.3 Å². The van der Waals surface area contributed by atoms with Gasteiger partial charge < -0.3 is 10.0 Å². The largest absolute Gasteiger partial charge is 0.388 e. The smallest absolute Gasteiger partial charge is 0.185 e. The van der Waals surface area contributed by atoms with Gasteiger partial charge in [-0.3, -0.25) is 0 Å². The molecule has 0 spiro atoms. The van der Waals surface area contributed by atoms with Crippen molar-refractivity contribution in [2.24, 2.45) is 0 Å². The fraction of sp³-hybridized carbons (Fsp3) is 0.727. The fourth-order valence-electron chi connectivity index (χ4n) is 2.22. The Morgan fingerprint density at radius 1 is 1.53 bits per heavy atom. The second-order valence-corrected chi connectivity index (χ2v) is 5.40. The third kappa shape index (κ3) is 2.49. The molecule has 1 heterocycles. The van der Waals surface area contributed by atoms with E-state index in [1.54, 1.807) is 11.3 Å². The molecule has 2 rings (SSSR count). The van der Waals surface area contributed by atoms with E-state index in [9.17, 15) is 5.11 Å². The van der Waals surface area contributed by atoms with E-state index >= 15 is 0 Å². The highest BCUT2D eigenvalue weighted by Crippen LogP contribution is 2.31. The number of aromatic nitrogens is 1. The Labute approximate surface area is 94.8 Å². The van der Waals surface area contributed by atoms with Crippen LogP contribution in [0.4, 0.5) is 5.13 Å². The predicted octanol–water partition coefficient (Wildman–Crippen LogP) is 2.19. The Kier molecular flexibility index (Phi) is 2.98. The number of anilines is 1. The first-order valence-electron chi connectivity index (χ1n) is 5.45. The number of hydrogen-bond acceptors (Lipinski definition) is 4. The lowest BCUT2D eigenvalue weighted by molar-refractivity contribution is 0.0559. The molecule has 4 heteroatoms. The Morgan fingerprint density at radius 3 is 2.73 bits per heavy atom. The lowest BCUT2D eigenvalue weighted by Gasteiger charge is -2.28. The first-order valence-corrected chi connectivity index (χ1v) is 6.33. The van der Waals surface area contributed by atoms with Crippen LogP contribution in [0.2, 0.25) is 0 Å². The molecule has 84 valence electrons. The van der Waals surface area contributed by atoms with Crippen LogP contribution in [0.5, 0.6) is 0 Å². The lowest BCUT2D eigenvalue weighted by Crippen LogP contribution is -2.39. The van der Waals surface area contributed by atoms with E-state index in [0.29, 0.717) is 6.54 Å². The van der Waals surface area contributed by atoms with Gasteiger partial charge in [0.25, 0.3) is 0 Å². The van der Waals surface area contributed by atoms with Crippen LogP contribution in [0.25, 0.3) is 0 Å². The van der Waals surface area contributed by atoms with Crippen LogP contribution in [-0.2, 0) is 0 Å². The molecule has 15 heavy (non-hydrogen) atoms. The first-order chi connectivity index (χ1) is 7.09. The summed E-state index contributed by atoms with van der Waals surface area (Å²) < 4.78 is 0. The van der Waals surface area contributed by atoms with Gasteiger partial charge in [-0.15, -0.1) is 11.3 Å². The van der Waals surface area contributed by atoms with Crippen molar-refractivity contribution < 1.29 is 5.11 Å². The van der Waals surface area contributed by atoms with Crippen LogP contribution in [0, 0.1) is 6.92 Å². The summed E-state index contributed by atoms with van der Waals surface area (Å²) in [5.41, 5.74) is 0.578. The minimum absolute atomic E-state index is 0.478. The summed E-state index contributed by atoms with van der Waals surface area (Å²) in [7, 11) is 2.01. The lowest BCUT2D eigenvalue weighted by atomic mass is 10.0. The topological polar surface area (TPSA) is 36.4 Å². The molecule has 1 saturated carbocycles. The van der Waals surface area contributed by atoms with Crippen molar-refractivity contribution in [2.75, 3.05) is 18.5 Å². The molecule has 0 radical (unpaired) electrons. The summed E-state index contributed by atoms with van der Waals surface area (Å²) in [4.78, 5) is 6.49. The zero-order chi connectivity index (χ0) is 10.9. The van der Waals surface area contributed by atoms with E-state index in [2.05, 4.69) is 9.88 Å².